The SMILES string of the molecule is CCNC(=O)[C@@H](C)NC(=O)CCCn1nnc(-c2ccccc2)n1. The van der Waals surface area contributed by atoms with Crippen LogP contribution in [0.4, 0.5) is 0 Å². The van der Waals surface area contributed by atoms with Crippen molar-refractivity contribution in [3.8, 4) is 11.4 Å². The van der Waals surface area contributed by atoms with Crippen molar-refractivity contribution in [2.24, 2.45) is 0 Å². The van der Waals surface area contributed by atoms with E-state index in [-0.39, 0.29) is 11.8 Å². The lowest BCUT2D eigenvalue weighted by molar-refractivity contribution is -0.128. The molecule has 1 atom stereocenters. The summed E-state index contributed by atoms with van der Waals surface area (Å²) in [5, 5.41) is 17.6. The average Bonchev–Trinajstić information content (AvgIpc) is 3.04. The van der Waals surface area contributed by atoms with Gasteiger partial charge >= 0.3 is 0 Å². The Balaban J connectivity index is 1.75. The fraction of sp³-hybridized carbons (Fsp3) is 0.438. The van der Waals surface area contributed by atoms with Gasteiger partial charge in [-0.2, -0.15) is 4.80 Å². The van der Waals surface area contributed by atoms with Gasteiger partial charge in [-0.05, 0) is 25.5 Å². The van der Waals surface area contributed by atoms with Gasteiger partial charge in [0.1, 0.15) is 6.04 Å². The summed E-state index contributed by atoms with van der Waals surface area (Å²) in [6.07, 6.45) is 0.866. The predicted molar refractivity (Wildman–Crippen MR) is 88.8 cm³/mol. The molecule has 0 aliphatic carbocycles. The van der Waals surface area contributed by atoms with Crippen LogP contribution in [0.5, 0.6) is 0 Å². The number of carbonyl (C=O) groups excluding carboxylic acids is 2. The van der Waals surface area contributed by atoms with Crippen LogP contribution in [0, 0.1) is 0 Å². The Morgan fingerprint density at radius 3 is 2.71 bits per heavy atom. The van der Waals surface area contributed by atoms with Crippen molar-refractivity contribution < 1.29 is 9.59 Å². The van der Waals surface area contributed by atoms with E-state index in [4.69, 9.17) is 0 Å². The Hall–Kier alpha value is -2.77. The molecule has 1 aromatic carbocycles. The summed E-state index contributed by atoms with van der Waals surface area (Å²) < 4.78 is 0. The molecule has 8 nitrogen and oxygen atoms in total. The molecule has 0 radical (unpaired) electrons. The van der Waals surface area contributed by atoms with Crippen LogP contribution in [0.2, 0.25) is 0 Å². The molecule has 0 spiro atoms. The largest absolute Gasteiger partial charge is 0.355 e. The van der Waals surface area contributed by atoms with Gasteiger partial charge in [-0.1, -0.05) is 30.3 Å². The van der Waals surface area contributed by atoms with Gasteiger partial charge < -0.3 is 10.6 Å². The van der Waals surface area contributed by atoms with Crippen molar-refractivity contribution in [1.29, 1.82) is 0 Å². The first-order valence-corrected chi connectivity index (χ1v) is 8.00. The van der Waals surface area contributed by atoms with Crippen molar-refractivity contribution in [3.05, 3.63) is 30.3 Å². The van der Waals surface area contributed by atoms with E-state index in [0.717, 1.165) is 5.56 Å². The van der Waals surface area contributed by atoms with Gasteiger partial charge in [-0.15, -0.1) is 10.2 Å². The maximum absolute atomic E-state index is 11.8. The van der Waals surface area contributed by atoms with E-state index < -0.39 is 6.04 Å². The van der Waals surface area contributed by atoms with E-state index in [1.54, 1.807) is 6.92 Å². The van der Waals surface area contributed by atoms with Crippen molar-refractivity contribution in [3.63, 3.8) is 0 Å². The maximum Gasteiger partial charge on any atom is 0.242 e. The van der Waals surface area contributed by atoms with Crippen LogP contribution in [-0.4, -0.2) is 44.6 Å². The third-order valence-electron chi connectivity index (χ3n) is 3.37. The lowest BCUT2D eigenvalue weighted by Crippen LogP contribution is -2.44. The topological polar surface area (TPSA) is 102 Å². The van der Waals surface area contributed by atoms with Gasteiger partial charge in [0.15, 0.2) is 0 Å². The Labute approximate surface area is 140 Å². The standard InChI is InChI=1S/C16H22N6O2/c1-3-17-16(24)12(2)18-14(23)10-7-11-22-20-15(19-21-22)13-8-5-4-6-9-13/h4-6,8-9,12H,3,7,10-11H2,1-2H3,(H,17,24)(H,18,23)/t12-/m1/s1. The molecule has 128 valence electrons. The molecule has 2 N–H and O–H groups in total. The van der Waals surface area contributed by atoms with E-state index >= 15 is 0 Å². The zero-order chi connectivity index (χ0) is 17.4. The number of amides is 2. The molecule has 2 amide bonds. The summed E-state index contributed by atoms with van der Waals surface area (Å²) in [6, 6.07) is 9.04. The van der Waals surface area contributed by atoms with Gasteiger partial charge in [0.25, 0.3) is 0 Å². The summed E-state index contributed by atoms with van der Waals surface area (Å²) in [7, 11) is 0. The summed E-state index contributed by atoms with van der Waals surface area (Å²) in [5.41, 5.74) is 0.900. The molecule has 0 aliphatic rings. The summed E-state index contributed by atoms with van der Waals surface area (Å²) in [4.78, 5) is 24.9. The Morgan fingerprint density at radius 1 is 1.25 bits per heavy atom. The highest BCUT2D eigenvalue weighted by molar-refractivity contribution is 5.87. The second-order valence-corrected chi connectivity index (χ2v) is 5.36. The average molecular weight is 330 g/mol. The molecule has 1 heterocycles. The monoisotopic (exact) mass is 330 g/mol. The number of benzene rings is 1. The van der Waals surface area contributed by atoms with Gasteiger partial charge in [0.05, 0.1) is 6.54 Å². The highest BCUT2D eigenvalue weighted by Crippen LogP contribution is 2.11. The Kier molecular flexibility index (Phi) is 6.41. The van der Waals surface area contributed by atoms with E-state index in [0.29, 0.717) is 31.8 Å². The molecule has 24 heavy (non-hydrogen) atoms. The molecule has 0 aliphatic heterocycles. The van der Waals surface area contributed by atoms with Crippen LogP contribution in [0.25, 0.3) is 11.4 Å². The molecule has 0 saturated carbocycles. The van der Waals surface area contributed by atoms with Crippen molar-refractivity contribution in [2.75, 3.05) is 6.54 Å². The highest BCUT2D eigenvalue weighted by atomic mass is 16.2. The van der Waals surface area contributed by atoms with E-state index in [2.05, 4.69) is 26.0 Å². The summed E-state index contributed by atoms with van der Waals surface area (Å²) in [6.45, 7) is 4.53. The van der Waals surface area contributed by atoms with Crippen molar-refractivity contribution in [1.82, 2.24) is 30.8 Å². The van der Waals surface area contributed by atoms with E-state index in [1.807, 2.05) is 37.3 Å². The normalized spacial score (nSPS) is 11.8. The van der Waals surface area contributed by atoms with Gasteiger partial charge in [-0.25, -0.2) is 0 Å². The highest BCUT2D eigenvalue weighted by Gasteiger charge is 2.14. The zero-order valence-electron chi connectivity index (χ0n) is 13.9. The number of hydrogen-bond donors (Lipinski definition) is 2. The van der Waals surface area contributed by atoms with Crippen LogP contribution in [0.15, 0.2) is 30.3 Å². The number of nitrogens with zero attached hydrogens (tertiary/aromatic N) is 4. The third-order valence-corrected chi connectivity index (χ3v) is 3.37. The molecule has 0 fully saturated rings. The number of aromatic nitrogens is 4. The van der Waals surface area contributed by atoms with Crippen molar-refractivity contribution >= 4 is 11.8 Å². The number of tetrazole rings is 1. The lowest BCUT2D eigenvalue weighted by atomic mass is 10.2. The minimum Gasteiger partial charge on any atom is -0.355 e. The van der Waals surface area contributed by atoms with Gasteiger partial charge in [-0.3, -0.25) is 9.59 Å². The van der Waals surface area contributed by atoms with Crippen LogP contribution >= 0.6 is 0 Å². The third kappa shape index (κ3) is 5.15. The second kappa shape index (κ2) is 8.76. The fourth-order valence-corrected chi connectivity index (χ4v) is 2.13. The molecule has 0 bridgehead atoms. The number of nitrogens with one attached hydrogen (secondary N) is 2. The van der Waals surface area contributed by atoms with Gasteiger partial charge in [0, 0.05) is 18.5 Å². The first-order chi connectivity index (χ1) is 11.6. The maximum atomic E-state index is 11.8. The molecule has 2 aromatic rings. The number of carbonyl (C=O) groups is 2. The van der Waals surface area contributed by atoms with Crippen LogP contribution in [0.1, 0.15) is 26.7 Å². The summed E-state index contributed by atoms with van der Waals surface area (Å²) >= 11 is 0. The van der Waals surface area contributed by atoms with Gasteiger partial charge in [0.2, 0.25) is 17.6 Å². The molecule has 8 heteroatoms. The van der Waals surface area contributed by atoms with Crippen LogP contribution in [0.3, 0.4) is 0 Å². The molecule has 0 unspecified atom stereocenters. The van der Waals surface area contributed by atoms with Crippen molar-refractivity contribution in [2.45, 2.75) is 39.3 Å². The minimum absolute atomic E-state index is 0.169. The first kappa shape index (κ1) is 17.6. The molecule has 1 aromatic heterocycles. The quantitative estimate of drug-likeness (QED) is 0.744. The smallest absolute Gasteiger partial charge is 0.242 e. The van der Waals surface area contributed by atoms with Crippen LogP contribution in [-0.2, 0) is 16.1 Å². The Bertz CT molecular complexity index is 670. The molecule has 0 saturated heterocycles. The fourth-order valence-electron chi connectivity index (χ4n) is 2.13. The molecular formula is C16H22N6O2. The number of aryl methyl sites for hydroxylation is 1. The minimum atomic E-state index is -0.536. The predicted octanol–water partition coefficient (Wildman–Crippen LogP) is 0.761. The number of rotatable bonds is 8. The summed E-state index contributed by atoms with van der Waals surface area (Å²) in [5.74, 6) is 0.207. The number of hydrogen-bond acceptors (Lipinski definition) is 5. The molecule has 2 rings (SSSR count). The first-order valence-electron chi connectivity index (χ1n) is 8.00. The molecular weight excluding hydrogens is 308 g/mol. The Morgan fingerprint density at radius 2 is 2.00 bits per heavy atom. The van der Waals surface area contributed by atoms with E-state index in [9.17, 15) is 9.59 Å². The second-order valence-electron chi connectivity index (χ2n) is 5.36. The van der Waals surface area contributed by atoms with Crippen LogP contribution < -0.4 is 10.6 Å². The zero-order valence-corrected chi connectivity index (χ0v) is 13.9. The lowest BCUT2D eigenvalue weighted by Gasteiger charge is -2.13. The van der Waals surface area contributed by atoms with E-state index in [1.165, 1.54) is 4.80 Å². The number of likely N-dealkylation sites (N-methyl/N-ethyl adjacent to an activating group) is 1.